The fourth-order valence-electron chi connectivity index (χ4n) is 0.987. The molecule has 0 rings (SSSR count). The van der Waals surface area contributed by atoms with Gasteiger partial charge in [-0.15, -0.1) is 0 Å². The number of rotatable bonds is 5. The Morgan fingerprint density at radius 1 is 1.14 bits per heavy atom. The zero-order valence-corrected chi connectivity index (χ0v) is 7.55. The van der Waals surface area contributed by atoms with E-state index in [9.17, 15) is 14.4 Å². The highest BCUT2D eigenvalue weighted by Gasteiger charge is 2.55. The third-order valence-corrected chi connectivity index (χ3v) is 1.94. The van der Waals surface area contributed by atoms with E-state index in [1.54, 1.807) is 0 Å². The average molecular weight is 206 g/mol. The molecule has 0 aromatic heterocycles. The maximum absolute atomic E-state index is 10.7. The summed E-state index contributed by atoms with van der Waals surface area (Å²) < 4.78 is 4.30. The van der Waals surface area contributed by atoms with Crippen LogP contribution in [0.25, 0.3) is 0 Å². The molecule has 1 atom stereocenters. The molecule has 80 valence electrons. The van der Waals surface area contributed by atoms with Crippen LogP contribution in [0, 0.1) is 5.92 Å². The van der Waals surface area contributed by atoms with Crippen LogP contribution in [0.4, 0.5) is 0 Å². The van der Waals surface area contributed by atoms with Gasteiger partial charge < -0.3 is 20.1 Å². The van der Waals surface area contributed by atoms with E-state index in [1.165, 1.54) is 0 Å². The molecule has 0 aromatic rings. The summed E-state index contributed by atoms with van der Waals surface area (Å²) >= 11 is 0. The average Bonchev–Trinajstić information content (AvgIpc) is 2.04. The van der Waals surface area contributed by atoms with E-state index in [4.69, 9.17) is 15.3 Å². The number of carbonyl (C=O) groups is 3. The maximum Gasteiger partial charge on any atom is 0.348 e. The largest absolute Gasteiger partial charge is 0.481 e. The summed E-state index contributed by atoms with van der Waals surface area (Å²) in [6.45, 7) is 0.952. The molecule has 3 N–H and O–H groups in total. The first-order chi connectivity index (χ1) is 6.30. The minimum atomic E-state index is -2.74. The Morgan fingerprint density at radius 2 is 1.50 bits per heavy atom. The zero-order chi connectivity index (χ0) is 11.5. The fraction of sp³-hybridized carbons (Fsp3) is 0.571. The Labute approximate surface area is 78.9 Å². The molecule has 0 aliphatic rings. The molecule has 0 fully saturated rings. The second-order valence-corrected chi connectivity index (χ2v) is 2.61. The van der Waals surface area contributed by atoms with Gasteiger partial charge in [0.05, 0.1) is 0 Å². The molecular weight excluding hydrogens is 196 g/mol. The fourth-order valence-corrected chi connectivity index (χ4v) is 0.987. The van der Waals surface area contributed by atoms with Gasteiger partial charge in [0.25, 0.3) is 5.60 Å². The predicted octanol–water partition coefficient (Wildman–Crippen LogP) is -0.739. The predicted molar refractivity (Wildman–Crippen MR) is 41.8 cm³/mol. The highest BCUT2D eigenvalue weighted by atomic mass is 16.5. The highest BCUT2D eigenvalue weighted by Crippen LogP contribution is 2.22. The number of methoxy groups -OCH3 is 1. The molecule has 0 spiro atoms. The van der Waals surface area contributed by atoms with Gasteiger partial charge in [-0.1, -0.05) is 0 Å². The van der Waals surface area contributed by atoms with Crippen molar-refractivity contribution in [1.29, 1.82) is 0 Å². The first-order valence-corrected chi connectivity index (χ1v) is 3.55. The van der Waals surface area contributed by atoms with Crippen molar-refractivity contribution >= 4 is 17.9 Å². The minimum absolute atomic E-state index is 0.835. The molecule has 7 heteroatoms. The number of ether oxygens (including phenoxy) is 1. The first-order valence-electron chi connectivity index (χ1n) is 3.55. The van der Waals surface area contributed by atoms with E-state index < -0.39 is 29.4 Å². The summed E-state index contributed by atoms with van der Waals surface area (Å²) in [6.07, 6.45) is 0. The van der Waals surface area contributed by atoms with Gasteiger partial charge in [0.2, 0.25) is 0 Å². The van der Waals surface area contributed by atoms with Gasteiger partial charge in [0.1, 0.15) is 5.92 Å². The third kappa shape index (κ3) is 1.67. The van der Waals surface area contributed by atoms with Crippen LogP contribution in [-0.4, -0.2) is 45.9 Å². The first kappa shape index (κ1) is 12.4. The molecule has 0 aliphatic heterocycles. The Bertz CT molecular complexity index is 255. The van der Waals surface area contributed by atoms with Crippen LogP contribution in [-0.2, 0) is 19.1 Å². The van der Waals surface area contributed by atoms with E-state index in [0.717, 1.165) is 14.0 Å². The second-order valence-electron chi connectivity index (χ2n) is 2.61. The van der Waals surface area contributed by atoms with E-state index in [0.29, 0.717) is 0 Å². The smallest absolute Gasteiger partial charge is 0.348 e. The van der Waals surface area contributed by atoms with Crippen LogP contribution < -0.4 is 0 Å². The van der Waals surface area contributed by atoms with E-state index in [2.05, 4.69) is 4.74 Å². The molecule has 0 heterocycles. The highest BCUT2D eigenvalue weighted by molar-refractivity contribution is 6.05. The Morgan fingerprint density at radius 3 is 1.57 bits per heavy atom. The molecule has 7 nitrogen and oxygen atoms in total. The molecule has 0 aromatic carbocycles. The van der Waals surface area contributed by atoms with E-state index >= 15 is 0 Å². The molecule has 0 saturated heterocycles. The summed E-state index contributed by atoms with van der Waals surface area (Å²) in [6, 6.07) is 0. The number of carboxylic acids is 3. The minimum Gasteiger partial charge on any atom is -0.481 e. The Balaban J connectivity index is 5.36. The molecule has 0 bridgehead atoms. The van der Waals surface area contributed by atoms with Crippen LogP contribution in [0.1, 0.15) is 6.92 Å². The van der Waals surface area contributed by atoms with Gasteiger partial charge >= 0.3 is 17.9 Å². The van der Waals surface area contributed by atoms with Gasteiger partial charge in [-0.05, 0) is 6.92 Å². The molecule has 14 heavy (non-hydrogen) atoms. The van der Waals surface area contributed by atoms with Gasteiger partial charge in [-0.3, -0.25) is 4.79 Å². The summed E-state index contributed by atoms with van der Waals surface area (Å²) in [5.41, 5.74) is -2.74. The van der Waals surface area contributed by atoms with Crippen molar-refractivity contribution in [2.45, 2.75) is 12.5 Å². The van der Waals surface area contributed by atoms with Gasteiger partial charge in [0, 0.05) is 7.11 Å². The lowest BCUT2D eigenvalue weighted by molar-refractivity contribution is -0.191. The third-order valence-electron chi connectivity index (χ3n) is 1.94. The monoisotopic (exact) mass is 206 g/mol. The Kier molecular flexibility index (Phi) is 3.58. The molecular formula is C7H10O7. The lowest BCUT2D eigenvalue weighted by Crippen LogP contribution is -2.55. The van der Waals surface area contributed by atoms with Crippen LogP contribution in [0.2, 0.25) is 0 Å². The van der Waals surface area contributed by atoms with Gasteiger partial charge in [-0.2, -0.15) is 0 Å². The van der Waals surface area contributed by atoms with Gasteiger partial charge in [-0.25, -0.2) is 9.59 Å². The van der Waals surface area contributed by atoms with E-state index in [-0.39, 0.29) is 0 Å². The topological polar surface area (TPSA) is 121 Å². The summed E-state index contributed by atoms with van der Waals surface area (Å²) in [4.78, 5) is 31.8. The number of hydrogen-bond acceptors (Lipinski definition) is 4. The number of hydrogen-bond donors (Lipinski definition) is 3. The molecule has 0 radical (unpaired) electrons. The molecule has 1 unspecified atom stereocenters. The quantitative estimate of drug-likeness (QED) is 0.506. The molecule has 0 amide bonds. The van der Waals surface area contributed by atoms with Crippen LogP contribution in [0.5, 0.6) is 0 Å². The summed E-state index contributed by atoms with van der Waals surface area (Å²) in [5.74, 6) is -6.94. The number of aliphatic carboxylic acids is 3. The van der Waals surface area contributed by atoms with Crippen molar-refractivity contribution in [3.05, 3.63) is 0 Å². The van der Waals surface area contributed by atoms with Crippen molar-refractivity contribution in [2.75, 3.05) is 7.11 Å². The second kappa shape index (κ2) is 4.05. The van der Waals surface area contributed by atoms with Crippen LogP contribution in [0.15, 0.2) is 0 Å². The maximum atomic E-state index is 10.7. The zero-order valence-electron chi connectivity index (χ0n) is 7.55. The van der Waals surface area contributed by atoms with Crippen molar-refractivity contribution in [1.82, 2.24) is 0 Å². The lowest BCUT2D eigenvalue weighted by atomic mass is 9.88. The van der Waals surface area contributed by atoms with Crippen molar-refractivity contribution in [2.24, 2.45) is 5.92 Å². The molecule has 0 aliphatic carbocycles. The van der Waals surface area contributed by atoms with Crippen LogP contribution in [0.3, 0.4) is 0 Å². The van der Waals surface area contributed by atoms with Crippen LogP contribution >= 0.6 is 0 Å². The SMILES string of the molecule is COC(C(=O)O)(C(=O)O)C(C)C(=O)O. The van der Waals surface area contributed by atoms with E-state index in [1.807, 2.05) is 0 Å². The summed E-state index contributed by atoms with van der Waals surface area (Å²) in [7, 11) is 0.835. The van der Waals surface area contributed by atoms with Crippen molar-refractivity contribution < 1.29 is 34.4 Å². The normalized spacial score (nSPS) is 13.3. The van der Waals surface area contributed by atoms with Crippen molar-refractivity contribution in [3.8, 4) is 0 Å². The van der Waals surface area contributed by atoms with Gasteiger partial charge in [0.15, 0.2) is 0 Å². The lowest BCUT2D eigenvalue weighted by Gasteiger charge is -2.26. The standard InChI is InChI=1S/C7H10O7/c1-3(4(8)9)7(14-2,5(10)11)6(12)13/h3H,1-2H3,(H,8,9)(H,10,11)(H,12,13). The van der Waals surface area contributed by atoms with Crippen molar-refractivity contribution in [3.63, 3.8) is 0 Å². The summed E-state index contributed by atoms with van der Waals surface area (Å²) in [5, 5.41) is 25.8. The molecule has 0 saturated carbocycles. The number of carboxylic acid groups (broad SMARTS) is 3. The Hall–Kier alpha value is -1.63.